The van der Waals surface area contributed by atoms with Crippen molar-refractivity contribution in [2.24, 2.45) is 0 Å². The molecule has 92 valence electrons. The van der Waals surface area contributed by atoms with Crippen LogP contribution < -0.4 is 0 Å². The third-order valence-electron chi connectivity index (χ3n) is 3.44. The zero-order valence-electron chi connectivity index (χ0n) is 9.80. The Morgan fingerprint density at radius 3 is 2.68 bits per heavy atom. The zero-order valence-corrected chi connectivity index (χ0v) is 10.6. The molecule has 0 N–H and O–H groups in total. The molecule has 0 atom stereocenters. The van der Waals surface area contributed by atoms with Gasteiger partial charge in [0.15, 0.2) is 0 Å². The molecule has 0 spiro atoms. The van der Waals surface area contributed by atoms with Gasteiger partial charge in [0, 0.05) is 16.2 Å². The minimum atomic E-state index is -0.536. The van der Waals surface area contributed by atoms with E-state index in [1.54, 1.807) is 17.8 Å². The van der Waals surface area contributed by atoms with Crippen LogP contribution in [0.3, 0.4) is 0 Å². The lowest BCUT2D eigenvalue weighted by atomic mass is 9.96. The average Bonchev–Trinajstić information content (AvgIpc) is 2.72. The molecule has 2 aliphatic heterocycles. The Bertz CT molecular complexity index is 749. The normalized spacial score (nSPS) is 15.6. The number of cyclic esters (lactones) is 2. The highest BCUT2D eigenvalue weighted by Gasteiger charge is 2.34. The van der Waals surface area contributed by atoms with Crippen LogP contribution in [0, 0.1) is 0 Å². The first-order valence-corrected chi connectivity index (χ1v) is 6.74. The van der Waals surface area contributed by atoms with Crippen LogP contribution in [0.5, 0.6) is 0 Å². The summed E-state index contributed by atoms with van der Waals surface area (Å²) in [5, 5.41) is 0. The monoisotopic (exact) mass is 268 g/mol. The first-order chi connectivity index (χ1) is 9.24. The zero-order chi connectivity index (χ0) is 13.0. The number of rotatable bonds is 0. The van der Waals surface area contributed by atoms with Crippen molar-refractivity contribution in [1.29, 1.82) is 0 Å². The molecule has 19 heavy (non-hydrogen) atoms. The Labute approximate surface area is 113 Å². The summed E-state index contributed by atoms with van der Waals surface area (Å²) in [7, 11) is 0. The van der Waals surface area contributed by atoms with Crippen molar-refractivity contribution in [3.63, 3.8) is 0 Å². The van der Waals surface area contributed by atoms with Crippen LogP contribution in [-0.4, -0.2) is 11.9 Å². The fourth-order valence-electron chi connectivity index (χ4n) is 2.55. The van der Waals surface area contributed by atoms with Crippen LogP contribution >= 0.6 is 11.8 Å². The molecule has 0 fully saturated rings. The predicted molar refractivity (Wildman–Crippen MR) is 69.6 cm³/mol. The largest absolute Gasteiger partial charge is 0.386 e. The Hall–Kier alpha value is -2.07. The molecule has 0 bridgehead atoms. The number of hydrogen-bond donors (Lipinski definition) is 0. The summed E-state index contributed by atoms with van der Waals surface area (Å²) in [6.07, 6.45) is 0.671. The van der Waals surface area contributed by atoms with Crippen molar-refractivity contribution in [2.75, 3.05) is 0 Å². The smallest absolute Gasteiger partial charge is 0.347 e. The number of ether oxygens (including phenoxy) is 1. The summed E-state index contributed by atoms with van der Waals surface area (Å²) >= 11 is 1.63. The van der Waals surface area contributed by atoms with E-state index in [9.17, 15) is 9.59 Å². The first-order valence-electron chi connectivity index (χ1n) is 5.92. The van der Waals surface area contributed by atoms with Gasteiger partial charge in [-0.15, -0.1) is 0 Å². The van der Waals surface area contributed by atoms with Crippen LogP contribution in [0.15, 0.2) is 46.2 Å². The molecule has 4 heteroatoms. The Kier molecular flexibility index (Phi) is 2.11. The SMILES string of the molecule is O=C1OC(=O)c2c1ccc1c2Cc2ccccc2S1. The maximum atomic E-state index is 11.8. The fraction of sp³-hybridized carbons (Fsp3) is 0.0667. The van der Waals surface area contributed by atoms with Gasteiger partial charge in [0.1, 0.15) is 0 Å². The van der Waals surface area contributed by atoms with Crippen LogP contribution in [0.1, 0.15) is 31.8 Å². The van der Waals surface area contributed by atoms with Crippen molar-refractivity contribution >= 4 is 23.7 Å². The molecule has 2 aromatic carbocycles. The van der Waals surface area contributed by atoms with Gasteiger partial charge < -0.3 is 4.74 Å². The summed E-state index contributed by atoms with van der Waals surface area (Å²) in [6, 6.07) is 11.7. The number of hydrogen-bond acceptors (Lipinski definition) is 4. The van der Waals surface area contributed by atoms with E-state index in [1.807, 2.05) is 24.3 Å². The molecular formula is C15H8O3S. The van der Waals surface area contributed by atoms with E-state index in [2.05, 4.69) is 6.07 Å². The fourth-order valence-corrected chi connectivity index (χ4v) is 3.64. The van der Waals surface area contributed by atoms with Gasteiger partial charge in [-0.2, -0.15) is 0 Å². The lowest BCUT2D eigenvalue weighted by Gasteiger charge is -2.19. The molecule has 2 heterocycles. The number of benzene rings is 2. The molecule has 2 aromatic rings. The van der Waals surface area contributed by atoms with Gasteiger partial charge >= 0.3 is 11.9 Å². The van der Waals surface area contributed by atoms with Gasteiger partial charge in [-0.05, 0) is 29.3 Å². The minimum Gasteiger partial charge on any atom is -0.386 e. The summed E-state index contributed by atoms with van der Waals surface area (Å²) < 4.78 is 4.70. The van der Waals surface area contributed by atoms with Gasteiger partial charge in [-0.3, -0.25) is 0 Å². The minimum absolute atomic E-state index is 0.392. The molecule has 3 nitrogen and oxygen atoms in total. The van der Waals surface area contributed by atoms with Crippen LogP contribution in [0.25, 0.3) is 0 Å². The van der Waals surface area contributed by atoms with Gasteiger partial charge in [0.2, 0.25) is 0 Å². The lowest BCUT2D eigenvalue weighted by molar-refractivity contribution is 0.0443. The van der Waals surface area contributed by atoms with Crippen LogP contribution in [0.4, 0.5) is 0 Å². The summed E-state index contributed by atoms with van der Waals surface area (Å²) in [6.45, 7) is 0. The Morgan fingerprint density at radius 2 is 1.79 bits per heavy atom. The molecule has 0 saturated heterocycles. The van der Waals surface area contributed by atoms with E-state index in [4.69, 9.17) is 4.74 Å². The quantitative estimate of drug-likeness (QED) is 0.464. The molecule has 4 rings (SSSR count). The highest BCUT2D eigenvalue weighted by atomic mass is 32.2. The van der Waals surface area contributed by atoms with E-state index in [-0.39, 0.29) is 0 Å². The molecular weight excluding hydrogens is 260 g/mol. The summed E-state index contributed by atoms with van der Waals surface area (Å²) in [4.78, 5) is 25.6. The second-order valence-corrected chi connectivity index (χ2v) is 5.61. The van der Waals surface area contributed by atoms with Crippen molar-refractivity contribution in [2.45, 2.75) is 16.2 Å². The molecule has 0 radical (unpaired) electrons. The number of carbonyl (C=O) groups is 2. The average molecular weight is 268 g/mol. The molecule has 2 aliphatic rings. The summed E-state index contributed by atoms with van der Waals surface area (Å²) in [5.41, 5.74) is 2.94. The Balaban J connectivity index is 1.94. The molecule has 0 aliphatic carbocycles. The third kappa shape index (κ3) is 1.47. The highest BCUT2D eigenvalue weighted by molar-refractivity contribution is 7.99. The van der Waals surface area contributed by atoms with E-state index in [0.29, 0.717) is 17.5 Å². The van der Waals surface area contributed by atoms with Crippen LogP contribution in [-0.2, 0) is 11.2 Å². The standard InChI is InChI=1S/C15H8O3S/c16-14-9-5-6-12-10(13(9)15(17)18-14)7-8-3-1-2-4-11(8)19-12/h1-6H,7H2. The second-order valence-electron chi connectivity index (χ2n) is 4.53. The van der Waals surface area contributed by atoms with Crippen LogP contribution in [0.2, 0.25) is 0 Å². The molecule has 0 amide bonds. The lowest BCUT2D eigenvalue weighted by Crippen LogP contribution is -2.07. The van der Waals surface area contributed by atoms with E-state index >= 15 is 0 Å². The maximum Gasteiger partial charge on any atom is 0.347 e. The van der Waals surface area contributed by atoms with E-state index < -0.39 is 11.9 Å². The maximum absolute atomic E-state index is 11.8. The highest BCUT2D eigenvalue weighted by Crippen LogP contribution is 2.42. The molecule has 0 aromatic heterocycles. The van der Waals surface area contributed by atoms with Crippen molar-refractivity contribution in [1.82, 2.24) is 0 Å². The van der Waals surface area contributed by atoms with E-state index in [1.165, 1.54) is 10.5 Å². The number of fused-ring (bicyclic) bond motifs is 4. The predicted octanol–water partition coefficient (Wildman–Crippen LogP) is 3.05. The topological polar surface area (TPSA) is 43.4 Å². The number of esters is 2. The molecule has 0 unspecified atom stereocenters. The van der Waals surface area contributed by atoms with E-state index in [0.717, 1.165) is 10.5 Å². The van der Waals surface area contributed by atoms with Gasteiger partial charge in [-0.25, -0.2) is 9.59 Å². The van der Waals surface area contributed by atoms with Crippen molar-refractivity contribution in [3.05, 3.63) is 58.7 Å². The van der Waals surface area contributed by atoms with Gasteiger partial charge in [0.25, 0.3) is 0 Å². The summed E-state index contributed by atoms with van der Waals surface area (Å²) in [5.74, 6) is -1.05. The van der Waals surface area contributed by atoms with Gasteiger partial charge in [-0.1, -0.05) is 30.0 Å². The number of carbonyl (C=O) groups excluding carboxylic acids is 2. The third-order valence-corrected chi connectivity index (χ3v) is 4.66. The first kappa shape index (κ1) is 10.8. The molecule has 0 saturated carbocycles. The second kappa shape index (κ2) is 3.71. The Morgan fingerprint density at radius 1 is 0.947 bits per heavy atom. The van der Waals surface area contributed by atoms with Gasteiger partial charge in [0.05, 0.1) is 11.1 Å². The van der Waals surface area contributed by atoms with Crippen molar-refractivity contribution in [3.8, 4) is 0 Å². The van der Waals surface area contributed by atoms with Crippen molar-refractivity contribution < 1.29 is 14.3 Å².